The lowest BCUT2D eigenvalue weighted by atomic mass is 10.1. The molecule has 1 aromatic carbocycles. The minimum atomic E-state index is -0.545. The van der Waals surface area contributed by atoms with Crippen molar-refractivity contribution in [1.82, 2.24) is 0 Å². The summed E-state index contributed by atoms with van der Waals surface area (Å²) in [6.07, 6.45) is 0. The number of ketones is 1. The number of esters is 1. The van der Waals surface area contributed by atoms with E-state index >= 15 is 0 Å². The van der Waals surface area contributed by atoms with Gasteiger partial charge in [0.2, 0.25) is 5.91 Å². The van der Waals surface area contributed by atoms with Gasteiger partial charge in [0.25, 0.3) is 0 Å². The lowest BCUT2D eigenvalue weighted by Crippen LogP contribution is -2.23. The van der Waals surface area contributed by atoms with E-state index in [4.69, 9.17) is 4.74 Å². The molecule has 0 unspecified atom stereocenters. The summed E-state index contributed by atoms with van der Waals surface area (Å²) in [5.74, 6) is -1.01. The van der Waals surface area contributed by atoms with E-state index in [0.29, 0.717) is 15.4 Å². The van der Waals surface area contributed by atoms with Gasteiger partial charge in [-0.3, -0.25) is 9.59 Å². The van der Waals surface area contributed by atoms with Gasteiger partial charge in [-0.2, -0.15) is 0 Å². The summed E-state index contributed by atoms with van der Waals surface area (Å²) >= 11 is 1.09. The van der Waals surface area contributed by atoms with Gasteiger partial charge in [-0.1, -0.05) is 12.1 Å². The molecule has 0 fully saturated rings. The number of benzene rings is 1. The van der Waals surface area contributed by atoms with Gasteiger partial charge in [0.15, 0.2) is 5.78 Å². The third-order valence-electron chi connectivity index (χ3n) is 4.24. The Morgan fingerprint density at radius 1 is 1.11 bits per heavy atom. The molecule has 2 aromatic rings. The number of aryl methyl sites for hydroxylation is 1. The second-order valence-corrected chi connectivity index (χ2v) is 7.21. The maximum atomic E-state index is 12.4. The van der Waals surface area contributed by atoms with Crippen LogP contribution in [0.25, 0.3) is 0 Å². The number of rotatable bonds is 7. The summed E-state index contributed by atoms with van der Waals surface area (Å²) < 4.78 is 5.07. The highest BCUT2D eigenvalue weighted by atomic mass is 32.1. The minimum Gasteiger partial charge on any atom is -0.462 e. The lowest BCUT2D eigenvalue weighted by molar-refractivity contribution is -0.114. The Morgan fingerprint density at radius 3 is 2.44 bits per heavy atom. The van der Waals surface area contributed by atoms with Crippen LogP contribution in [-0.2, 0) is 9.53 Å². The van der Waals surface area contributed by atoms with Crippen molar-refractivity contribution >= 4 is 39.7 Å². The Hall–Kier alpha value is -2.67. The first kappa shape index (κ1) is 20.6. The zero-order valence-electron chi connectivity index (χ0n) is 16.2. The van der Waals surface area contributed by atoms with Crippen molar-refractivity contribution in [3.63, 3.8) is 0 Å². The van der Waals surface area contributed by atoms with Gasteiger partial charge < -0.3 is 15.4 Å². The van der Waals surface area contributed by atoms with Gasteiger partial charge in [0, 0.05) is 5.69 Å². The van der Waals surface area contributed by atoms with E-state index in [9.17, 15) is 14.4 Å². The lowest BCUT2D eigenvalue weighted by Gasteiger charge is -2.12. The summed E-state index contributed by atoms with van der Waals surface area (Å²) in [4.78, 5) is 36.9. The minimum absolute atomic E-state index is 0.0406. The van der Waals surface area contributed by atoms with Crippen LogP contribution in [0, 0.1) is 20.8 Å². The van der Waals surface area contributed by atoms with E-state index < -0.39 is 5.97 Å². The molecule has 0 bridgehead atoms. The third kappa shape index (κ3) is 4.74. The highest BCUT2D eigenvalue weighted by molar-refractivity contribution is 7.18. The van der Waals surface area contributed by atoms with Crippen LogP contribution in [0.1, 0.15) is 50.6 Å². The van der Waals surface area contributed by atoms with Gasteiger partial charge in [0.05, 0.1) is 23.6 Å². The first-order chi connectivity index (χ1) is 12.8. The van der Waals surface area contributed by atoms with Crippen molar-refractivity contribution < 1.29 is 19.1 Å². The molecule has 1 amide bonds. The van der Waals surface area contributed by atoms with Crippen LogP contribution in [0.5, 0.6) is 0 Å². The molecule has 0 aliphatic heterocycles. The fourth-order valence-electron chi connectivity index (χ4n) is 2.68. The molecular weight excluding hydrogens is 364 g/mol. The van der Waals surface area contributed by atoms with Crippen molar-refractivity contribution in [3.05, 3.63) is 45.3 Å². The third-order valence-corrected chi connectivity index (χ3v) is 5.55. The maximum absolute atomic E-state index is 12.4. The number of amides is 1. The summed E-state index contributed by atoms with van der Waals surface area (Å²) in [6, 6.07) is 5.83. The topological polar surface area (TPSA) is 84.5 Å². The normalized spacial score (nSPS) is 10.4. The standard InChI is InChI=1S/C20H24N2O4S/c1-6-26-20(25)17-13(4)18(14(5)23)27-19(17)22-16(24)10-21-15-9-7-8-11(2)12(15)3/h7-9,21H,6,10H2,1-5H3,(H,22,24). The molecule has 0 saturated carbocycles. The molecule has 6 nitrogen and oxygen atoms in total. The van der Waals surface area contributed by atoms with Gasteiger partial charge in [-0.05, 0) is 57.4 Å². The van der Waals surface area contributed by atoms with Crippen molar-refractivity contribution in [2.45, 2.75) is 34.6 Å². The highest BCUT2D eigenvalue weighted by Crippen LogP contribution is 2.34. The average molecular weight is 388 g/mol. The molecule has 2 rings (SSSR count). The summed E-state index contributed by atoms with van der Waals surface area (Å²) in [5.41, 5.74) is 3.85. The van der Waals surface area contributed by atoms with Gasteiger partial charge in [0.1, 0.15) is 5.00 Å². The number of hydrogen-bond acceptors (Lipinski definition) is 6. The zero-order valence-corrected chi connectivity index (χ0v) is 17.0. The van der Waals surface area contributed by atoms with Crippen LogP contribution in [0.4, 0.5) is 10.7 Å². The van der Waals surface area contributed by atoms with E-state index in [-0.39, 0.29) is 30.4 Å². The van der Waals surface area contributed by atoms with Crippen molar-refractivity contribution in [1.29, 1.82) is 0 Å². The molecule has 1 heterocycles. The number of ether oxygens (including phenoxy) is 1. The molecule has 0 atom stereocenters. The van der Waals surface area contributed by atoms with Gasteiger partial charge in [-0.25, -0.2) is 4.79 Å². The Balaban J connectivity index is 2.19. The van der Waals surface area contributed by atoms with Crippen LogP contribution in [-0.4, -0.2) is 30.8 Å². The van der Waals surface area contributed by atoms with Crippen LogP contribution >= 0.6 is 11.3 Å². The van der Waals surface area contributed by atoms with Crippen molar-refractivity contribution in [2.75, 3.05) is 23.8 Å². The number of hydrogen-bond donors (Lipinski definition) is 2. The van der Waals surface area contributed by atoms with E-state index in [1.807, 2.05) is 32.0 Å². The van der Waals surface area contributed by atoms with Crippen molar-refractivity contribution in [3.8, 4) is 0 Å². The fraction of sp³-hybridized carbons (Fsp3) is 0.350. The number of Topliss-reactive ketones (excluding diaryl/α,β-unsaturated/α-hetero) is 1. The summed E-state index contributed by atoms with van der Waals surface area (Å²) in [7, 11) is 0. The Labute approximate surface area is 162 Å². The van der Waals surface area contributed by atoms with Crippen molar-refractivity contribution in [2.24, 2.45) is 0 Å². The molecule has 144 valence electrons. The second-order valence-electron chi connectivity index (χ2n) is 6.19. The van der Waals surface area contributed by atoms with E-state index in [0.717, 1.165) is 28.2 Å². The Bertz CT molecular complexity index is 886. The van der Waals surface area contributed by atoms with E-state index in [2.05, 4.69) is 10.6 Å². The number of thiophene rings is 1. The van der Waals surface area contributed by atoms with Crippen LogP contribution < -0.4 is 10.6 Å². The average Bonchev–Trinajstić information content (AvgIpc) is 2.92. The molecule has 0 saturated heterocycles. The SMILES string of the molecule is CCOC(=O)c1c(NC(=O)CNc2cccc(C)c2C)sc(C(C)=O)c1C. The molecule has 27 heavy (non-hydrogen) atoms. The Kier molecular flexibility index (Phi) is 6.74. The quantitative estimate of drug-likeness (QED) is 0.551. The number of carbonyl (C=O) groups is 3. The fourth-order valence-corrected chi connectivity index (χ4v) is 3.78. The largest absolute Gasteiger partial charge is 0.462 e. The maximum Gasteiger partial charge on any atom is 0.341 e. The molecule has 0 spiro atoms. The van der Waals surface area contributed by atoms with Gasteiger partial charge in [-0.15, -0.1) is 11.3 Å². The Morgan fingerprint density at radius 2 is 1.81 bits per heavy atom. The molecule has 7 heteroatoms. The first-order valence-corrected chi connectivity index (χ1v) is 9.49. The molecule has 0 radical (unpaired) electrons. The predicted molar refractivity (Wildman–Crippen MR) is 108 cm³/mol. The first-order valence-electron chi connectivity index (χ1n) is 8.67. The predicted octanol–water partition coefficient (Wildman–Crippen LogP) is 4.10. The zero-order chi connectivity index (χ0) is 20.1. The number of nitrogens with one attached hydrogen (secondary N) is 2. The smallest absolute Gasteiger partial charge is 0.341 e. The molecular formula is C20H24N2O4S. The highest BCUT2D eigenvalue weighted by Gasteiger charge is 2.25. The van der Waals surface area contributed by atoms with Crippen LogP contribution in [0.15, 0.2) is 18.2 Å². The summed E-state index contributed by atoms with van der Waals surface area (Å²) in [6.45, 7) is 9.06. The summed E-state index contributed by atoms with van der Waals surface area (Å²) in [5, 5.41) is 6.17. The van der Waals surface area contributed by atoms with Gasteiger partial charge >= 0.3 is 5.97 Å². The number of carbonyl (C=O) groups excluding carboxylic acids is 3. The molecule has 0 aliphatic rings. The molecule has 1 aromatic heterocycles. The second kappa shape index (κ2) is 8.81. The van der Waals surface area contributed by atoms with E-state index in [1.165, 1.54) is 6.92 Å². The number of anilines is 2. The molecule has 2 N–H and O–H groups in total. The van der Waals surface area contributed by atoms with Crippen LogP contribution in [0.2, 0.25) is 0 Å². The monoisotopic (exact) mass is 388 g/mol. The molecule has 0 aliphatic carbocycles. The van der Waals surface area contributed by atoms with Crippen LogP contribution in [0.3, 0.4) is 0 Å². The van der Waals surface area contributed by atoms with E-state index in [1.54, 1.807) is 13.8 Å².